The van der Waals surface area contributed by atoms with Crippen LogP contribution in [0.25, 0.3) is 22.0 Å². The van der Waals surface area contributed by atoms with Crippen LogP contribution in [0.5, 0.6) is 5.75 Å². The zero-order valence-electron chi connectivity index (χ0n) is 26.0. The van der Waals surface area contributed by atoms with Crippen molar-refractivity contribution in [3.8, 4) is 16.9 Å². The largest absolute Gasteiger partial charge is 0.490 e. The lowest BCUT2D eigenvalue weighted by Crippen LogP contribution is -2.48. The molecule has 3 aromatic rings. The minimum atomic E-state index is -0.796. The molecule has 0 bridgehead atoms. The topological polar surface area (TPSA) is 103 Å². The van der Waals surface area contributed by atoms with E-state index in [4.69, 9.17) is 30.5 Å². The molecule has 1 amide bonds. The van der Waals surface area contributed by atoms with Gasteiger partial charge in [0.15, 0.2) is 5.82 Å². The zero-order valence-corrected chi connectivity index (χ0v) is 26.8. The fraction of sp³-hybridized carbons (Fsp3) is 0.500. The van der Waals surface area contributed by atoms with Crippen molar-refractivity contribution in [2.24, 2.45) is 0 Å². The number of halogens is 3. The first kappa shape index (κ1) is 34.3. The molecule has 2 heterocycles. The monoisotopic (exact) mass is 648 g/mol. The molecule has 13 heteroatoms. The number of aromatic nitrogens is 2. The minimum Gasteiger partial charge on any atom is -0.490 e. The number of carbonyl (C=O) groups is 2. The fourth-order valence-corrected chi connectivity index (χ4v) is 5.22. The number of anilines is 1. The van der Waals surface area contributed by atoms with Gasteiger partial charge in [-0.25, -0.2) is 18.7 Å². The molecule has 1 aliphatic rings. The molecular weight excluding hydrogens is 610 g/mol. The van der Waals surface area contributed by atoms with Crippen molar-refractivity contribution in [2.75, 3.05) is 64.1 Å². The fourth-order valence-electron chi connectivity index (χ4n) is 4.94. The van der Waals surface area contributed by atoms with Gasteiger partial charge in [-0.1, -0.05) is 24.6 Å². The van der Waals surface area contributed by atoms with E-state index >= 15 is 8.78 Å². The van der Waals surface area contributed by atoms with Gasteiger partial charge >= 0.3 is 5.97 Å². The standard InChI is InChI=1S/C32H39ClF2N4O6/c1-5-25(40)38-10-12-39(13-11-38)31-21-19-22(33)27(29(35)30(21)36-20-37-31)28-23(34)7-6-8-24(28)44-18-17-43-16-15-42-14-9-26(41)45-32(2,3)4/h6-8,19-20H,5,9-18H2,1-4H3. The summed E-state index contributed by atoms with van der Waals surface area (Å²) >= 11 is 6.62. The van der Waals surface area contributed by atoms with Crippen molar-refractivity contribution in [3.63, 3.8) is 0 Å². The molecule has 4 rings (SSSR count). The van der Waals surface area contributed by atoms with Crippen LogP contribution >= 0.6 is 11.6 Å². The van der Waals surface area contributed by atoms with Gasteiger partial charge in [0.2, 0.25) is 5.91 Å². The third-order valence-corrected chi connectivity index (χ3v) is 7.29. The molecule has 1 saturated heterocycles. The van der Waals surface area contributed by atoms with Crippen LogP contribution in [0.1, 0.15) is 40.5 Å². The summed E-state index contributed by atoms with van der Waals surface area (Å²) in [7, 11) is 0. The van der Waals surface area contributed by atoms with Crippen LogP contribution in [0.4, 0.5) is 14.6 Å². The first-order valence-electron chi connectivity index (χ1n) is 14.9. The molecule has 0 spiro atoms. The van der Waals surface area contributed by atoms with E-state index in [2.05, 4.69) is 9.97 Å². The van der Waals surface area contributed by atoms with Gasteiger partial charge in [-0.3, -0.25) is 9.59 Å². The lowest BCUT2D eigenvalue weighted by atomic mass is 10.0. The molecule has 10 nitrogen and oxygen atoms in total. The van der Waals surface area contributed by atoms with Crippen molar-refractivity contribution >= 4 is 40.2 Å². The van der Waals surface area contributed by atoms with Crippen LogP contribution in [-0.4, -0.2) is 91.6 Å². The number of amides is 1. The van der Waals surface area contributed by atoms with Gasteiger partial charge < -0.3 is 28.7 Å². The second-order valence-corrected chi connectivity index (χ2v) is 11.8. The summed E-state index contributed by atoms with van der Waals surface area (Å²) in [6, 6.07) is 5.73. The van der Waals surface area contributed by atoms with E-state index in [-0.39, 0.29) is 78.7 Å². The van der Waals surface area contributed by atoms with E-state index in [0.717, 1.165) is 0 Å². The average molecular weight is 649 g/mol. The lowest BCUT2D eigenvalue weighted by Gasteiger charge is -2.35. The van der Waals surface area contributed by atoms with Crippen LogP contribution in [0.2, 0.25) is 5.02 Å². The van der Waals surface area contributed by atoms with Gasteiger partial charge in [-0.2, -0.15) is 0 Å². The van der Waals surface area contributed by atoms with Gasteiger partial charge in [0.1, 0.15) is 41.4 Å². The second-order valence-electron chi connectivity index (χ2n) is 11.4. The van der Waals surface area contributed by atoms with Crippen molar-refractivity contribution < 1.29 is 37.3 Å². The van der Waals surface area contributed by atoms with Crippen LogP contribution in [0, 0.1) is 11.6 Å². The summed E-state index contributed by atoms with van der Waals surface area (Å²) < 4.78 is 53.3. The maximum absolute atomic E-state index is 16.1. The van der Waals surface area contributed by atoms with Gasteiger partial charge in [0, 0.05) is 43.5 Å². The normalized spacial score (nSPS) is 13.8. The first-order chi connectivity index (χ1) is 21.5. The molecule has 2 aromatic carbocycles. The minimum absolute atomic E-state index is 0.00401. The molecule has 45 heavy (non-hydrogen) atoms. The Hall–Kier alpha value is -3.61. The molecule has 1 aliphatic heterocycles. The predicted octanol–water partition coefficient (Wildman–Crippen LogP) is 5.43. The Kier molecular flexibility index (Phi) is 11.9. The Balaban J connectivity index is 1.39. The van der Waals surface area contributed by atoms with E-state index in [1.165, 1.54) is 30.6 Å². The summed E-state index contributed by atoms with van der Waals surface area (Å²) in [6.45, 7) is 10.3. The predicted molar refractivity (Wildman–Crippen MR) is 167 cm³/mol. The molecule has 0 atom stereocenters. The molecule has 0 aliphatic carbocycles. The Morgan fingerprint density at radius 2 is 1.64 bits per heavy atom. The van der Waals surface area contributed by atoms with Crippen LogP contribution in [0.3, 0.4) is 0 Å². The lowest BCUT2D eigenvalue weighted by molar-refractivity contribution is -0.156. The van der Waals surface area contributed by atoms with Crippen molar-refractivity contribution in [3.05, 3.63) is 47.2 Å². The van der Waals surface area contributed by atoms with Crippen LogP contribution in [-0.2, 0) is 23.8 Å². The van der Waals surface area contributed by atoms with Crippen molar-refractivity contribution in [1.82, 2.24) is 14.9 Å². The highest BCUT2D eigenvalue weighted by Gasteiger charge is 2.27. The highest BCUT2D eigenvalue weighted by Crippen LogP contribution is 2.42. The molecule has 1 fully saturated rings. The number of hydrogen-bond donors (Lipinski definition) is 0. The van der Waals surface area contributed by atoms with E-state index in [1.807, 2.05) is 11.8 Å². The van der Waals surface area contributed by atoms with Crippen LogP contribution in [0.15, 0.2) is 30.6 Å². The Morgan fingerprint density at radius 1 is 0.956 bits per heavy atom. The number of ether oxygens (including phenoxy) is 4. The summed E-state index contributed by atoms with van der Waals surface area (Å²) in [5.41, 5.74) is -0.839. The highest BCUT2D eigenvalue weighted by molar-refractivity contribution is 6.34. The Morgan fingerprint density at radius 3 is 2.33 bits per heavy atom. The third-order valence-electron chi connectivity index (χ3n) is 6.99. The Bertz CT molecular complexity index is 1490. The van der Waals surface area contributed by atoms with Gasteiger partial charge in [0.05, 0.1) is 43.4 Å². The SMILES string of the molecule is CCC(=O)N1CCN(c2ncnc3c(F)c(-c4c(F)cccc4OCCOCCOCCC(=O)OC(C)(C)C)c(Cl)cc23)CC1. The van der Waals surface area contributed by atoms with Gasteiger partial charge in [-0.05, 0) is 39.0 Å². The number of hydrogen-bond acceptors (Lipinski definition) is 9. The van der Waals surface area contributed by atoms with E-state index in [9.17, 15) is 9.59 Å². The molecule has 0 unspecified atom stereocenters. The highest BCUT2D eigenvalue weighted by atomic mass is 35.5. The number of esters is 1. The van der Waals surface area contributed by atoms with Crippen LogP contribution < -0.4 is 9.64 Å². The first-order valence-corrected chi connectivity index (χ1v) is 15.3. The second kappa shape index (κ2) is 15.6. The molecule has 0 radical (unpaired) electrons. The van der Waals surface area contributed by atoms with Gasteiger partial charge in [-0.15, -0.1) is 0 Å². The quantitative estimate of drug-likeness (QED) is 0.177. The number of nitrogens with zero attached hydrogens (tertiary/aromatic N) is 4. The van der Waals surface area contributed by atoms with E-state index in [1.54, 1.807) is 25.7 Å². The van der Waals surface area contributed by atoms with E-state index in [0.29, 0.717) is 43.8 Å². The van der Waals surface area contributed by atoms with Crippen molar-refractivity contribution in [1.29, 1.82) is 0 Å². The number of carbonyl (C=O) groups excluding carboxylic acids is 2. The van der Waals surface area contributed by atoms with Crippen molar-refractivity contribution in [2.45, 2.75) is 46.1 Å². The summed E-state index contributed by atoms with van der Waals surface area (Å²) in [5, 5.41) is 0.366. The number of rotatable bonds is 13. The molecule has 0 N–H and O–H groups in total. The smallest absolute Gasteiger partial charge is 0.308 e. The Labute approximate surface area is 266 Å². The summed E-state index contributed by atoms with van der Waals surface area (Å²) in [5.74, 6) is -1.17. The third kappa shape index (κ3) is 8.99. The zero-order chi connectivity index (χ0) is 32.6. The molecule has 244 valence electrons. The average Bonchev–Trinajstić information content (AvgIpc) is 3.00. The molecular formula is C32H39ClF2N4O6. The maximum Gasteiger partial charge on any atom is 0.308 e. The summed E-state index contributed by atoms with van der Waals surface area (Å²) in [6.07, 6.45) is 1.84. The number of benzene rings is 2. The molecule has 0 saturated carbocycles. The number of piperazine rings is 1. The summed E-state index contributed by atoms with van der Waals surface area (Å²) in [4.78, 5) is 36.1. The maximum atomic E-state index is 16.1. The van der Waals surface area contributed by atoms with Gasteiger partial charge in [0.25, 0.3) is 0 Å². The molecule has 1 aromatic heterocycles. The van der Waals surface area contributed by atoms with E-state index < -0.39 is 17.2 Å². The number of fused-ring (bicyclic) bond motifs is 1.